The zero-order valence-electron chi connectivity index (χ0n) is 27.8. The Morgan fingerprint density at radius 3 is 1.28 bits per heavy atom. The topological polar surface area (TPSA) is 6.48 Å². The summed E-state index contributed by atoms with van der Waals surface area (Å²) in [6, 6.07) is 44.0. The van der Waals surface area contributed by atoms with E-state index in [0.717, 1.165) is 0 Å². The van der Waals surface area contributed by atoms with Crippen LogP contribution in [0.1, 0.15) is 0 Å². The Labute approximate surface area is 288 Å². The maximum Gasteiger partial charge on any atom is 0.277 e. The van der Waals surface area contributed by atoms with Crippen LogP contribution < -0.4 is 35.2 Å². The summed E-state index contributed by atoms with van der Waals surface area (Å²) in [5.41, 5.74) is 9.14. The summed E-state index contributed by atoms with van der Waals surface area (Å²) in [4.78, 5) is 5.14. The Balaban J connectivity index is 1.35. The van der Waals surface area contributed by atoms with Crippen LogP contribution in [0.4, 0.5) is 34.1 Å². The third kappa shape index (κ3) is 4.40. The number of benzene rings is 5. The van der Waals surface area contributed by atoms with E-state index in [0.29, 0.717) is 0 Å². The van der Waals surface area contributed by atoms with Gasteiger partial charge in [-0.2, -0.15) is 0 Å². The standard InChI is InChI=1S/C40H37BN2S2Si2/c1-46(2,3)28-22-18-26(19-23-28)42-32-14-11-15-33-36(32)41(39-37(42)30-12-7-9-16-34(30)44-39)40-38(31-13-8-10-17-35(31)45-40)43(33)27-20-24-29(25-21-27)47(4,5)6/h7-25H,1-6H3. The van der Waals surface area contributed by atoms with Crippen molar-refractivity contribution in [1.29, 1.82) is 0 Å². The van der Waals surface area contributed by atoms with E-state index >= 15 is 0 Å². The summed E-state index contributed by atoms with van der Waals surface area (Å²) in [5, 5.41) is 5.66. The molecule has 4 heterocycles. The minimum Gasteiger partial charge on any atom is -0.310 e. The minimum absolute atomic E-state index is 0.177. The first-order chi connectivity index (χ1) is 22.6. The predicted octanol–water partition coefficient (Wildman–Crippen LogP) is 9.29. The maximum absolute atomic E-state index is 2.57. The zero-order chi connectivity index (χ0) is 32.2. The molecule has 0 fully saturated rings. The number of thiophene rings is 2. The highest BCUT2D eigenvalue weighted by Crippen LogP contribution is 2.49. The third-order valence-corrected chi connectivity index (χ3v) is 16.6. The molecule has 0 atom stereocenters. The molecule has 47 heavy (non-hydrogen) atoms. The molecule has 0 aliphatic carbocycles. The van der Waals surface area contributed by atoms with Crippen LogP contribution in [-0.2, 0) is 0 Å². The molecule has 5 aromatic carbocycles. The summed E-state index contributed by atoms with van der Waals surface area (Å²) < 4.78 is 5.59. The molecule has 0 N–H and O–H groups in total. The summed E-state index contributed by atoms with van der Waals surface area (Å²) in [6.45, 7) is 14.8. The van der Waals surface area contributed by atoms with Crippen molar-refractivity contribution < 1.29 is 0 Å². The molecule has 2 aromatic heterocycles. The SMILES string of the molecule is C[Si](C)(C)c1ccc(N2c3cccc4c3B(c3sc5ccccc5c32)c2sc3ccccc3c2N4c2ccc([Si](C)(C)C)cc2)cc1. The van der Waals surface area contributed by atoms with Crippen molar-refractivity contribution in [3.63, 3.8) is 0 Å². The molecular weight excluding hydrogens is 640 g/mol. The van der Waals surface area contributed by atoms with Crippen molar-refractivity contribution in [2.45, 2.75) is 39.3 Å². The molecule has 0 bridgehead atoms. The maximum atomic E-state index is 2.57. The molecule has 2 nitrogen and oxygen atoms in total. The van der Waals surface area contributed by atoms with Crippen molar-refractivity contribution >= 4 is 125 Å². The van der Waals surface area contributed by atoms with Gasteiger partial charge in [-0.3, -0.25) is 0 Å². The van der Waals surface area contributed by atoms with Gasteiger partial charge in [0.2, 0.25) is 0 Å². The summed E-state index contributed by atoms with van der Waals surface area (Å²) in [6.07, 6.45) is 0. The van der Waals surface area contributed by atoms with Crippen LogP contribution in [-0.4, -0.2) is 22.9 Å². The molecule has 0 saturated heterocycles. The largest absolute Gasteiger partial charge is 0.310 e. The zero-order valence-corrected chi connectivity index (χ0v) is 31.4. The number of hydrogen-bond donors (Lipinski definition) is 0. The van der Waals surface area contributed by atoms with E-state index in [1.165, 1.54) is 79.7 Å². The monoisotopic (exact) mass is 676 g/mol. The Morgan fingerprint density at radius 2 is 0.872 bits per heavy atom. The first-order valence-electron chi connectivity index (χ1n) is 16.6. The lowest BCUT2D eigenvalue weighted by Crippen LogP contribution is -2.59. The van der Waals surface area contributed by atoms with E-state index in [-0.39, 0.29) is 6.71 Å². The number of rotatable bonds is 4. The molecule has 7 heteroatoms. The first-order valence-corrected chi connectivity index (χ1v) is 25.2. The number of nitrogens with zero attached hydrogens (tertiary/aromatic N) is 2. The van der Waals surface area contributed by atoms with Crippen LogP contribution in [0.15, 0.2) is 115 Å². The molecule has 0 saturated carbocycles. The summed E-state index contributed by atoms with van der Waals surface area (Å²) in [5.74, 6) is 0. The Kier molecular flexibility index (Phi) is 6.42. The van der Waals surface area contributed by atoms with E-state index in [1.54, 1.807) is 0 Å². The van der Waals surface area contributed by atoms with Gasteiger partial charge in [-0.1, -0.05) is 116 Å². The summed E-state index contributed by atoms with van der Waals surface area (Å²) >= 11 is 3.96. The van der Waals surface area contributed by atoms with Gasteiger partial charge in [0.25, 0.3) is 6.71 Å². The molecule has 7 aromatic rings. The average Bonchev–Trinajstić information content (AvgIpc) is 3.63. The van der Waals surface area contributed by atoms with Gasteiger partial charge in [0, 0.05) is 52.5 Å². The number of fused-ring (bicyclic) bond motifs is 8. The molecule has 0 amide bonds. The van der Waals surface area contributed by atoms with E-state index in [2.05, 4.69) is 164 Å². The molecule has 9 rings (SSSR count). The van der Waals surface area contributed by atoms with E-state index < -0.39 is 16.1 Å². The molecule has 0 radical (unpaired) electrons. The van der Waals surface area contributed by atoms with Crippen molar-refractivity contribution in [2.75, 3.05) is 9.80 Å². The highest BCUT2D eigenvalue weighted by molar-refractivity contribution is 7.40. The van der Waals surface area contributed by atoms with Gasteiger partial charge in [-0.25, -0.2) is 0 Å². The second-order valence-electron chi connectivity index (χ2n) is 15.0. The lowest BCUT2D eigenvalue weighted by Gasteiger charge is -2.42. The highest BCUT2D eigenvalue weighted by Gasteiger charge is 2.46. The van der Waals surface area contributed by atoms with Gasteiger partial charge in [-0.05, 0) is 54.0 Å². The fourth-order valence-corrected chi connectivity index (χ4v) is 12.6. The summed E-state index contributed by atoms with van der Waals surface area (Å²) in [7, 11) is -2.87. The molecule has 230 valence electrons. The predicted molar refractivity (Wildman–Crippen MR) is 217 cm³/mol. The molecule has 2 aliphatic rings. The number of hydrogen-bond acceptors (Lipinski definition) is 4. The highest BCUT2D eigenvalue weighted by atomic mass is 32.1. The van der Waals surface area contributed by atoms with Crippen LogP contribution in [0.25, 0.3) is 20.2 Å². The minimum atomic E-state index is -1.43. The molecule has 0 unspecified atom stereocenters. The fraction of sp³-hybridized carbons (Fsp3) is 0.150. The fourth-order valence-electron chi connectivity index (χ4n) is 7.56. The lowest BCUT2D eigenvalue weighted by molar-refractivity contribution is 1.28. The van der Waals surface area contributed by atoms with Crippen LogP contribution in [0, 0.1) is 0 Å². The van der Waals surface area contributed by atoms with Gasteiger partial charge >= 0.3 is 0 Å². The Bertz CT molecular complexity index is 2180. The van der Waals surface area contributed by atoms with Crippen LogP contribution >= 0.6 is 22.7 Å². The smallest absolute Gasteiger partial charge is 0.277 e. The number of anilines is 6. The Morgan fingerprint density at radius 1 is 0.468 bits per heavy atom. The Hall–Kier alpha value is -3.88. The normalized spacial score (nSPS) is 14.0. The van der Waals surface area contributed by atoms with Crippen molar-refractivity contribution in [2.24, 2.45) is 0 Å². The molecule has 2 aliphatic heterocycles. The third-order valence-electron chi connectivity index (χ3n) is 9.98. The van der Waals surface area contributed by atoms with Gasteiger partial charge in [0.15, 0.2) is 0 Å². The second kappa shape index (κ2) is 10.3. The lowest BCUT2D eigenvalue weighted by atomic mass is 9.39. The van der Waals surface area contributed by atoms with E-state index in [1.807, 2.05) is 22.7 Å². The van der Waals surface area contributed by atoms with Crippen molar-refractivity contribution in [1.82, 2.24) is 0 Å². The van der Waals surface area contributed by atoms with Gasteiger partial charge in [0.05, 0.1) is 27.5 Å². The van der Waals surface area contributed by atoms with Crippen molar-refractivity contribution in [3.8, 4) is 0 Å². The van der Waals surface area contributed by atoms with Gasteiger partial charge in [0.1, 0.15) is 0 Å². The van der Waals surface area contributed by atoms with E-state index in [4.69, 9.17) is 0 Å². The van der Waals surface area contributed by atoms with Gasteiger partial charge in [-0.15, -0.1) is 22.7 Å². The van der Waals surface area contributed by atoms with E-state index in [9.17, 15) is 0 Å². The second-order valence-corrected chi connectivity index (χ2v) is 27.4. The van der Waals surface area contributed by atoms with Crippen LogP contribution in [0.3, 0.4) is 0 Å². The van der Waals surface area contributed by atoms with Crippen LogP contribution in [0.2, 0.25) is 39.3 Å². The first kappa shape index (κ1) is 29.3. The van der Waals surface area contributed by atoms with Crippen LogP contribution in [0.5, 0.6) is 0 Å². The molecule has 0 spiro atoms. The molecular formula is C40H37BN2S2Si2. The van der Waals surface area contributed by atoms with Crippen molar-refractivity contribution in [3.05, 3.63) is 115 Å². The quantitative estimate of drug-likeness (QED) is 0.172. The average molecular weight is 677 g/mol. The van der Waals surface area contributed by atoms with Gasteiger partial charge < -0.3 is 9.80 Å².